The van der Waals surface area contributed by atoms with Gasteiger partial charge < -0.3 is 4.84 Å². The molecule has 0 fully saturated rings. The third-order valence-corrected chi connectivity index (χ3v) is 2.40. The van der Waals surface area contributed by atoms with E-state index in [-0.39, 0.29) is 6.10 Å². The van der Waals surface area contributed by atoms with Crippen LogP contribution in [0.5, 0.6) is 0 Å². The van der Waals surface area contributed by atoms with E-state index >= 15 is 0 Å². The van der Waals surface area contributed by atoms with Crippen LogP contribution in [0.4, 0.5) is 0 Å². The molecule has 0 radical (unpaired) electrons. The highest BCUT2D eigenvalue weighted by atomic mass is 16.6. The maximum absolute atomic E-state index is 5.22. The van der Waals surface area contributed by atoms with Gasteiger partial charge in [-0.1, -0.05) is 43.7 Å². The fraction of sp³-hybridized carbons (Fsp3) is 0.500. The lowest BCUT2D eigenvalue weighted by Crippen LogP contribution is -2.17. The quantitative estimate of drug-likeness (QED) is 0.705. The summed E-state index contributed by atoms with van der Waals surface area (Å²) >= 11 is 0. The number of rotatable bonds is 6. The molecule has 2 N–H and O–H groups in total. The van der Waals surface area contributed by atoms with Crippen molar-refractivity contribution < 1.29 is 4.84 Å². The smallest absolute Gasteiger partial charge is 0.0790 e. The fourth-order valence-corrected chi connectivity index (χ4v) is 1.57. The largest absolute Gasteiger partial charge is 0.301 e. The highest BCUT2D eigenvalue weighted by Crippen LogP contribution is 2.10. The summed E-state index contributed by atoms with van der Waals surface area (Å²) in [6, 6.07) is 10.4. The lowest BCUT2D eigenvalue weighted by Gasteiger charge is -2.12. The maximum Gasteiger partial charge on any atom is 0.0790 e. The van der Waals surface area contributed by atoms with Crippen molar-refractivity contribution in [3.63, 3.8) is 0 Å². The molecular weight excluding hydrogens is 174 g/mol. The molecule has 0 aromatic heterocycles. The molecule has 1 aromatic rings. The molecule has 1 rings (SSSR count). The Labute approximate surface area is 86.0 Å². The van der Waals surface area contributed by atoms with Gasteiger partial charge in [0.15, 0.2) is 0 Å². The normalized spacial score (nSPS) is 12.7. The molecule has 78 valence electrons. The molecule has 14 heavy (non-hydrogen) atoms. The molecule has 0 saturated carbocycles. The first-order chi connectivity index (χ1) is 6.86. The third-order valence-electron chi connectivity index (χ3n) is 2.40. The van der Waals surface area contributed by atoms with Gasteiger partial charge in [0.05, 0.1) is 6.10 Å². The monoisotopic (exact) mass is 193 g/mol. The van der Waals surface area contributed by atoms with Crippen LogP contribution >= 0.6 is 0 Å². The fourth-order valence-electron chi connectivity index (χ4n) is 1.57. The Balaban J connectivity index is 2.32. The van der Waals surface area contributed by atoms with Crippen LogP contribution in [-0.2, 0) is 11.3 Å². The Morgan fingerprint density at radius 3 is 2.50 bits per heavy atom. The van der Waals surface area contributed by atoms with Gasteiger partial charge in [-0.2, -0.15) is 0 Å². The van der Waals surface area contributed by atoms with Crippen molar-refractivity contribution >= 4 is 0 Å². The van der Waals surface area contributed by atoms with Gasteiger partial charge in [0, 0.05) is 0 Å². The van der Waals surface area contributed by atoms with Gasteiger partial charge in [-0.3, -0.25) is 0 Å². The van der Waals surface area contributed by atoms with Crippen LogP contribution in [0, 0.1) is 0 Å². The average Bonchev–Trinajstić information content (AvgIpc) is 2.25. The lowest BCUT2D eigenvalue weighted by molar-refractivity contribution is 0.0412. The Bertz CT molecular complexity index is 235. The zero-order valence-electron chi connectivity index (χ0n) is 8.78. The second kappa shape index (κ2) is 6.57. The highest BCUT2D eigenvalue weighted by Gasteiger charge is 2.06. The number of benzene rings is 1. The SMILES string of the molecule is CCCC(CCc1ccccc1)ON. The Morgan fingerprint density at radius 1 is 1.21 bits per heavy atom. The number of hydrogen-bond donors (Lipinski definition) is 1. The van der Waals surface area contributed by atoms with Crippen molar-refractivity contribution in [2.75, 3.05) is 0 Å². The second-order valence-corrected chi connectivity index (χ2v) is 3.57. The molecule has 1 unspecified atom stereocenters. The zero-order valence-corrected chi connectivity index (χ0v) is 8.78. The molecule has 0 spiro atoms. The molecule has 2 nitrogen and oxygen atoms in total. The minimum atomic E-state index is 0.209. The van der Waals surface area contributed by atoms with Crippen molar-refractivity contribution in [1.82, 2.24) is 0 Å². The standard InChI is InChI=1S/C12H19NO/c1-2-6-12(14-13)10-9-11-7-4-3-5-8-11/h3-5,7-8,12H,2,6,9-10,13H2,1H3. The van der Waals surface area contributed by atoms with Crippen molar-refractivity contribution in [1.29, 1.82) is 0 Å². The van der Waals surface area contributed by atoms with Crippen LogP contribution in [0.3, 0.4) is 0 Å². The number of nitrogens with two attached hydrogens (primary N) is 1. The van der Waals surface area contributed by atoms with E-state index in [1.807, 2.05) is 6.07 Å². The molecule has 0 bridgehead atoms. The van der Waals surface area contributed by atoms with Gasteiger partial charge >= 0.3 is 0 Å². The zero-order chi connectivity index (χ0) is 10.2. The Hall–Kier alpha value is -0.860. The minimum Gasteiger partial charge on any atom is -0.301 e. The third kappa shape index (κ3) is 3.90. The van der Waals surface area contributed by atoms with Gasteiger partial charge in [-0.05, 0) is 24.8 Å². The first-order valence-electron chi connectivity index (χ1n) is 5.26. The maximum atomic E-state index is 5.22. The molecule has 1 aromatic carbocycles. The summed E-state index contributed by atoms with van der Waals surface area (Å²) in [4.78, 5) is 4.91. The summed E-state index contributed by atoms with van der Waals surface area (Å²) in [6.45, 7) is 2.15. The second-order valence-electron chi connectivity index (χ2n) is 3.57. The van der Waals surface area contributed by atoms with E-state index in [2.05, 4.69) is 31.2 Å². The summed E-state index contributed by atoms with van der Waals surface area (Å²) in [5.41, 5.74) is 1.35. The molecule has 0 aliphatic heterocycles. The molecule has 0 saturated heterocycles. The molecule has 0 amide bonds. The summed E-state index contributed by atoms with van der Waals surface area (Å²) in [6.07, 6.45) is 4.43. The van der Waals surface area contributed by atoms with E-state index in [0.29, 0.717) is 0 Å². The van der Waals surface area contributed by atoms with Crippen molar-refractivity contribution in [3.8, 4) is 0 Å². The van der Waals surface area contributed by atoms with E-state index in [1.165, 1.54) is 5.56 Å². The van der Waals surface area contributed by atoms with Gasteiger partial charge in [0.1, 0.15) is 0 Å². The first kappa shape index (κ1) is 11.2. The molecular formula is C12H19NO. The highest BCUT2D eigenvalue weighted by molar-refractivity contribution is 5.14. The van der Waals surface area contributed by atoms with E-state index in [9.17, 15) is 0 Å². The van der Waals surface area contributed by atoms with Crippen molar-refractivity contribution in [2.24, 2.45) is 5.90 Å². The van der Waals surface area contributed by atoms with Crippen LogP contribution in [0.15, 0.2) is 30.3 Å². The predicted molar refractivity (Wildman–Crippen MR) is 58.7 cm³/mol. The van der Waals surface area contributed by atoms with Crippen LogP contribution < -0.4 is 5.90 Å². The molecule has 0 aliphatic rings. The lowest BCUT2D eigenvalue weighted by atomic mass is 10.0. The molecule has 1 atom stereocenters. The average molecular weight is 193 g/mol. The molecule has 2 heteroatoms. The first-order valence-corrected chi connectivity index (χ1v) is 5.26. The van der Waals surface area contributed by atoms with E-state index in [0.717, 1.165) is 25.7 Å². The number of aryl methyl sites for hydroxylation is 1. The van der Waals surface area contributed by atoms with Crippen LogP contribution in [0.1, 0.15) is 31.7 Å². The Morgan fingerprint density at radius 2 is 1.93 bits per heavy atom. The summed E-state index contributed by atoms with van der Waals surface area (Å²) in [5.74, 6) is 5.22. The minimum absolute atomic E-state index is 0.209. The van der Waals surface area contributed by atoms with Crippen molar-refractivity contribution in [3.05, 3.63) is 35.9 Å². The summed E-state index contributed by atoms with van der Waals surface area (Å²) in [5, 5.41) is 0. The van der Waals surface area contributed by atoms with E-state index in [4.69, 9.17) is 10.7 Å². The van der Waals surface area contributed by atoms with E-state index in [1.54, 1.807) is 0 Å². The predicted octanol–water partition coefficient (Wildman–Crippen LogP) is 2.68. The molecule has 0 aliphatic carbocycles. The van der Waals surface area contributed by atoms with Crippen LogP contribution in [0.2, 0.25) is 0 Å². The van der Waals surface area contributed by atoms with Gasteiger partial charge in [0.25, 0.3) is 0 Å². The summed E-state index contributed by atoms with van der Waals surface area (Å²) in [7, 11) is 0. The topological polar surface area (TPSA) is 35.2 Å². The van der Waals surface area contributed by atoms with Crippen LogP contribution in [0.25, 0.3) is 0 Å². The summed E-state index contributed by atoms with van der Waals surface area (Å²) < 4.78 is 0. The van der Waals surface area contributed by atoms with Gasteiger partial charge in [0.2, 0.25) is 0 Å². The van der Waals surface area contributed by atoms with Crippen molar-refractivity contribution in [2.45, 2.75) is 38.7 Å². The van der Waals surface area contributed by atoms with Gasteiger partial charge in [-0.15, -0.1) is 0 Å². The molecule has 0 heterocycles. The van der Waals surface area contributed by atoms with E-state index < -0.39 is 0 Å². The number of hydrogen-bond acceptors (Lipinski definition) is 2. The van der Waals surface area contributed by atoms with Crippen LogP contribution in [-0.4, -0.2) is 6.10 Å². The Kier molecular flexibility index (Phi) is 5.27. The van der Waals surface area contributed by atoms with Gasteiger partial charge in [-0.25, -0.2) is 5.90 Å².